The zero-order valence-corrected chi connectivity index (χ0v) is 15.9. The summed E-state index contributed by atoms with van der Waals surface area (Å²) in [5.74, 6) is 0.451. The molecule has 27 heavy (non-hydrogen) atoms. The third-order valence-corrected chi connectivity index (χ3v) is 4.64. The van der Waals surface area contributed by atoms with E-state index in [0.29, 0.717) is 12.2 Å². The van der Waals surface area contributed by atoms with Crippen molar-refractivity contribution in [3.8, 4) is 5.75 Å². The van der Waals surface area contributed by atoms with Gasteiger partial charge in [0, 0.05) is 5.56 Å². The quantitative estimate of drug-likeness (QED) is 0.615. The molecule has 2 aromatic rings. The van der Waals surface area contributed by atoms with Crippen LogP contribution < -0.4 is 9.64 Å². The van der Waals surface area contributed by atoms with Crippen molar-refractivity contribution in [2.75, 3.05) is 40.3 Å². The molecule has 0 aliphatic carbocycles. The number of carbonyl (C=O) groups is 1. The Labute approximate surface area is 160 Å². The minimum absolute atomic E-state index is 0.338. The molecule has 3 rings (SSSR count). The number of hydrogen-bond donors (Lipinski definition) is 1. The summed E-state index contributed by atoms with van der Waals surface area (Å²) in [6, 6.07) is 15.1. The van der Waals surface area contributed by atoms with Crippen molar-refractivity contribution in [3.63, 3.8) is 0 Å². The lowest BCUT2D eigenvalue weighted by atomic mass is 10.1. The number of likely N-dealkylation sites (N-methyl/N-ethyl adjacent to an activating group) is 1. The molecular formula is C21H26N3O3+. The molecule has 0 saturated carbocycles. The molecule has 1 heterocycles. The number of hydrogen-bond acceptors (Lipinski definition) is 5. The SMILES string of the molecule is COC(=O)c1ccc(COc2ccccc2/C=N\N2CC[NH+](C)CC2)cc1. The molecule has 0 unspecified atom stereocenters. The second kappa shape index (κ2) is 9.19. The average molecular weight is 368 g/mol. The number of esters is 1. The number of ether oxygens (including phenoxy) is 2. The Morgan fingerprint density at radius 1 is 1.15 bits per heavy atom. The van der Waals surface area contributed by atoms with Crippen molar-refractivity contribution in [1.82, 2.24) is 5.01 Å². The Morgan fingerprint density at radius 3 is 2.56 bits per heavy atom. The van der Waals surface area contributed by atoms with Crippen LogP contribution in [-0.2, 0) is 11.3 Å². The maximum atomic E-state index is 11.5. The maximum absolute atomic E-state index is 11.5. The molecule has 0 amide bonds. The Morgan fingerprint density at radius 2 is 1.85 bits per heavy atom. The van der Waals surface area contributed by atoms with Gasteiger partial charge in [-0.15, -0.1) is 0 Å². The van der Waals surface area contributed by atoms with Gasteiger partial charge in [0.1, 0.15) is 12.4 Å². The van der Waals surface area contributed by atoms with Gasteiger partial charge in [-0.1, -0.05) is 24.3 Å². The zero-order valence-electron chi connectivity index (χ0n) is 15.9. The topological polar surface area (TPSA) is 55.6 Å². The number of nitrogens with zero attached hydrogens (tertiary/aromatic N) is 2. The van der Waals surface area contributed by atoms with Crippen LogP contribution in [0.5, 0.6) is 5.75 Å². The minimum atomic E-state index is -0.338. The number of quaternary nitrogens is 1. The number of rotatable bonds is 6. The Balaban J connectivity index is 1.61. The van der Waals surface area contributed by atoms with Crippen LogP contribution in [0.3, 0.4) is 0 Å². The van der Waals surface area contributed by atoms with Crippen molar-refractivity contribution >= 4 is 12.2 Å². The Kier molecular flexibility index (Phi) is 6.44. The first-order valence-corrected chi connectivity index (χ1v) is 9.15. The van der Waals surface area contributed by atoms with Crippen molar-refractivity contribution in [3.05, 3.63) is 65.2 Å². The predicted molar refractivity (Wildman–Crippen MR) is 104 cm³/mol. The fraction of sp³-hybridized carbons (Fsp3) is 0.333. The normalized spacial score (nSPS) is 15.1. The van der Waals surface area contributed by atoms with Gasteiger partial charge in [-0.25, -0.2) is 4.79 Å². The van der Waals surface area contributed by atoms with E-state index in [1.165, 1.54) is 7.11 Å². The number of piperazine rings is 1. The molecule has 0 bridgehead atoms. The van der Waals surface area contributed by atoms with E-state index >= 15 is 0 Å². The lowest BCUT2D eigenvalue weighted by Gasteiger charge is -2.27. The molecule has 0 radical (unpaired) electrons. The first kappa shape index (κ1) is 18.9. The highest BCUT2D eigenvalue weighted by Gasteiger charge is 2.14. The molecule has 6 nitrogen and oxygen atoms in total. The fourth-order valence-electron chi connectivity index (χ4n) is 2.87. The van der Waals surface area contributed by atoms with Gasteiger partial charge in [0.05, 0.1) is 52.1 Å². The van der Waals surface area contributed by atoms with Crippen LogP contribution in [0.2, 0.25) is 0 Å². The highest BCUT2D eigenvalue weighted by molar-refractivity contribution is 5.89. The molecule has 2 aromatic carbocycles. The molecule has 142 valence electrons. The maximum Gasteiger partial charge on any atom is 0.337 e. The largest absolute Gasteiger partial charge is 0.488 e. The summed E-state index contributed by atoms with van der Waals surface area (Å²) in [5.41, 5.74) is 2.47. The first-order chi connectivity index (χ1) is 13.2. The summed E-state index contributed by atoms with van der Waals surface area (Å²) in [5, 5.41) is 6.71. The molecule has 6 heteroatoms. The van der Waals surface area contributed by atoms with Crippen LogP contribution in [0.1, 0.15) is 21.5 Å². The molecule has 0 aromatic heterocycles. The van der Waals surface area contributed by atoms with Gasteiger partial charge in [0.25, 0.3) is 0 Å². The van der Waals surface area contributed by atoms with E-state index < -0.39 is 0 Å². The van der Waals surface area contributed by atoms with Gasteiger partial charge in [0.2, 0.25) is 0 Å². The van der Waals surface area contributed by atoms with Crippen molar-refractivity contribution < 1.29 is 19.2 Å². The lowest BCUT2D eigenvalue weighted by molar-refractivity contribution is -0.884. The molecular weight excluding hydrogens is 342 g/mol. The Bertz CT molecular complexity index is 782. The number of para-hydroxylation sites is 1. The first-order valence-electron chi connectivity index (χ1n) is 9.15. The average Bonchev–Trinajstić information content (AvgIpc) is 2.72. The van der Waals surface area contributed by atoms with E-state index in [1.54, 1.807) is 17.0 Å². The summed E-state index contributed by atoms with van der Waals surface area (Å²) in [6.45, 7) is 4.58. The predicted octanol–water partition coefficient (Wildman–Crippen LogP) is 1.22. The Hall–Kier alpha value is -2.86. The van der Waals surface area contributed by atoms with Gasteiger partial charge in [0.15, 0.2) is 0 Å². The van der Waals surface area contributed by atoms with Crippen molar-refractivity contribution in [2.24, 2.45) is 5.10 Å². The number of carbonyl (C=O) groups excluding carboxylic acids is 1. The number of benzene rings is 2. The molecule has 1 saturated heterocycles. The fourth-order valence-corrected chi connectivity index (χ4v) is 2.87. The van der Waals surface area contributed by atoms with Crippen LogP contribution in [0.4, 0.5) is 0 Å². The molecule has 0 atom stereocenters. The second-order valence-electron chi connectivity index (χ2n) is 6.67. The molecule has 1 N–H and O–H groups in total. The molecule has 1 aliphatic heterocycles. The number of nitrogens with one attached hydrogen (secondary N) is 1. The van der Waals surface area contributed by atoms with E-state index in [2.05, 4.69) is 17.2 Å². The smallest absolute Gasteiger partial charge is 0.337 e. The van der Waals surface area contributed by atoms with Crippen molar-refractivity contribution in [1.29, 1.82) is 0 Å². The molecule has 1 aliphatic rings. The third-order valence-electron chi connectivity index (χ3n) is 4.64. The zero-order chi connectivity index (χ0) is 19.1. The highest BCUT2D eigenvalue weighted by Crippen LogP contribution is 2.18. The summed E-state index contributed by atoms with van der Waals surface area (Å²) in [4.78, 5) is 13.0. The summed E-state index contributed by atoms with van der Waals surface area (Å²) < 4.78 is 10.7. The molecule has 0 spiro atoms. The van der Waals surface area contributed by atoms with E-state index in [1.807, 2.05) is 42.6 Å². The standard InChI is InChI=1S/C21H25N3O3/c1-23-11-13-24(14-12-23)22-15-19-5-3-4-6-20(19)27-16-17-7-9-18(10-8-17)21(25)26-2/h3-10,15H,11-14,16H2,1-2H3/p+1/b22-15-. The number of hydrazone groups is 1. The molecule has 1 fully saturated rings. The third kappa shape index (κ3) is 5.31. The summed E-state index contributed by atoms with van der Waals surface area (Å²) in [7, 11) is 3.59. The summed E-state index contributed by atoms with van der Waals surface area (Å²) >= 11 is 0. The minimum Gasteiger partial charge on any atom is -0.488 e. The van der Waals surface area contributed by atoms with E-state index in [0.717, 1.165) is 43.1 Å². The summed E-state index contributed by atoms with van der Waals surface area (Å²) in [6.07, 6.45) is 1.87. The van der Waals surface area contributed by atoms with E-state index in [-0.39, 0.29) is 5.97 Å². The van der Waals surface area contributed by atoms with Crippen LogP contribution >= 0.6 is 0 Å². The van der Waals surface area contributed by atoms with Gasteiger partial charge in [-0.2, -0.15) is 5.10 Å². The van der Waals surface area contributed by atoms with Gasteiger partial charge in [-0.05, 0) is 29.8 Å². The number of methoxy groups -OCH3 is 1. The lowest BCUT2D eigenvalue weighted by Crippen LogP contribution is -3.11. The van der Waals surface area contributed by atoms with E-state index in [4.69, 9.17) is 9.47 Å². The monoisotopic (exact) mass is 368 g/mol. The van der Waals surface area contributed by atoms with Crippen molar-refractivity contribution in [2.45, 2.75) is 6.61 Å². The van der Waals surface area contributed by atoms with Crippen LogP contribution in [0.15, 0.2) is 53.6 Å². The van der Waals surface area contributed by atoms with Gasteiger partial charge in [-0.3, -0.25) is 5.01 Å². The van der Waals surface area contributed by atoms with E-state index in [9.17, 15) is 4.79 Å². The van der Waals surface area contributed by atoms with Crippen LogP contribution in [0, 0.1) is 0 Å². The van der Waals surface area contributed by atoms with Gasteiger partial charge >= 0.3 is 5.97 Å². The second-order valence-corrected chi connectivity index (χ2v) is 6.67. The van der Waals surface area contributed by atoms with Crippen LogP contribution in [0.25, 0.3) is 0 Å². The van der Waals surface area contributed by atoms with Crippen LogP contribution in [-0.4, -0.2) is 57.5 Å². The highest BCUT2D eigenvalue weighted by atomic mass is 16.5. The van der Waals surface area contributed by atoms with Gasteiger partial charge < -0.3 is 14.4 Å².